The van der Waals surface area contributed by atoms with Crippen LogP contribution in [0, 0.1) is 11.8 Å². The highest BCUT2D eigenvalue weighted by Gasteiger charge is 2.23. The Morgan fingerprint density at radius 3 is 2.54 bits per heavy atom. The van der Waals surface area contributed by atoms with Crippen molar-refractivity contribution in [3.63, 3.8) is 0 Å². The first-order valence-corrected chi connectivity index (χ1v) is 3.83. The van der Waals surface area contributed by atoms with Gasteiger partial charge in [0.15, 0.2) is 0 Å². The van der Waals surface area contributed by atoms with E-state index in [-0.39, 0.29) is 0 Å². The van der Waals surface area contributed by atoms with Gasteiger partial charge in [-0.05, 0) is 6.42 Å². The molecule has 0 spiro atoms. The number of hydrogen-bond donors (Lipinski definition) is 1. The quantitative estimate of drug-likeness (QED) is 0.533. The summed E-state index contributed by atoms with van der Waals surface area (Å²) in [6.07, 6.45) is -2.99. The molecule has 1 N–H and O–H groups in total. The van der Waals surface area contributed by atoms with E-state index in [1.807, 2.05) is 6.92 Å². The number of nitrogens with one attached hydrogen (secondary N) is 1. The van der Waals surface area contributed by atoms with Crippen molar-refractivity contribution in [1.29, 1.82) is 0 Å². The number of unbranched alkanes of at least 4 members (excludes halogenated alkanes) is 1. The molecule has 0 heterocycles. The molecule has 0 unspecified atom stereocenters. The van der Waals surface area contributed by atoms with Crippen LogP contribution in [0.3, 0.4) is 0 Å². The topological polar surface area (TPSA) is 29.1 Å². The van der Waals surface area contributed by atoms with E-state index in [2.05, 4.69) is 5.32 Å². The summed E-state index contributed by atoms with van der Waals surface area (Å²) in [5, 5.41) is 2.24. The van der Waals surface area contributed by atoms with Crippen molar-refractivity contribution in [1.82, 2.24) is 5.32 Å². The second-order valence-corrected chi connectivity index (χ2v) is 2.36. The number of carbonyl (C=O) groups excluding carboxylic acids is 1. The molecule has 0 aliphatic heterocycles. The lowest BCUT2D eigenvalue weighted by molar-refractivity contribution is -0.116. The lowest BCUT2D eigenvalue weighted by Gasteiger charge is -1.97. The third-order valence-electron chi connectivity index (χ3n) is 1.13. The molecule has 0 aliphatic rings. The second kappa shape index (κ2) is 5.46. The summed E-state index contributed by atoms with van der Waals surface area (Å²) in [6.45, 7) is 2.27. The molecule has 0 aromatic rings. The van der Waals surface area contributed by atoms with Crippen molar-refractivity contribution in [2.75, 3.05) is 6.54 Å². The summed E-state index contributed by atoms with van der Waals surface area (Å²) in [5.41, 5.74) is 0. The van der Waals surface area contributed by atoms with E-state index >= 15 is 0 Å². The summed E-state index contributed by atoms with van der Waals surface area (Å²) < 4.78 is 34.4. The van der Waals surface area contributed by atoms with Gasteiger partial charge in [-0.1, -0.05) is 13.3 Å². The van der Waals surface area contributed by atoms with Crippen molar-refractivity contribution in [2.45, 2.75) is 25.9 Å². The molecule has 1 amide bonds. The Labute approximate surface area is 74.5 Å². The molecule has 2 nitrogen and oxygen atoms in total. The molecule has 0 radical (unpaired) electrons. The average molecular weight is 193 g/mol. The van der Waals surface area contributed by atoms with Gasteiger partial charge < -0.3 is 5.32 Å². The minimum Gasteiger partial charge on any atom is -0.345 e. The van der Waals surface area contributed by atoms with Gasteiger partial charge >= 0.3 is 6.18 Å². The molecule has 0 saturated heterocycles. The Morgan fingerprint density at radius 1 is 1.46 bits per heavy atom. The molecule has 0 aliphatic carbocycles. The van der Waals surface area contributed by atoms with Gasteiger partial charge in [0.05, 0.1) is 0 Å². The van der Waals surface area contributed by atoms with Gasteiger partial charge in [0.25, 0.3) is 5.91 Å². The van der Waals surface area contributed by atoms with Crippen molar-refractivity contribution in [2.24, 2.45) is 0 Å². The molecule has 0 aromatic heterocycles. The Morgan fingerprint density at radius 2 is 2.08 bits per heavy atom. The highest BCUT2D eigenvalue weighted by atomic mass is 19.4. The zero-order chi connectivity index (χ0) is 10.3. The SMILES string of the molecule is CCCCNC(=O)C#CC(F)(F)F. The normalized spacial score (nSPS) is 10.2. The predicted molar refractivity (Wildman–Crippen MR) is 41.7 cm³/mol. The molecule has 0 aromatic carbocycles. The first-order valence-electron chi connectivity index (χ1n) is 3.83. The van der Waals surface area contributed by atoms with Crippen molar-refractivity contribution >= 4 is 5.91 Å². The monoisotopic (exact) mass is 193 g/mol. The maximum Gasteiger partial charge on any atom is 0.458 e. The Kier molecular flexibility index (Phi) is 4.97. The van der Waals surface area contributed by atoms with Gasteiger partial charge in [0.1, 0.15) is 0 Å². The van der Waals surface area contributed by atoms with E-state index < -0.39 is 12.1 Å². The zero-order valence-corrected chi connectivity index (χ0v) is 7.16. The summed E-state index contributed by atoms with van der Waals surface area (Å²) in [6, 6.07) is 0. The zero-order valence-electron chi connectivity index (χ0n) is 7.16. The minimum absolute atomic E-state index is 0.363. The lowest BCUT2D eigenvalue weighted by atomic mass is 10.3. The van der Waals surface area contributed by atoms with Crippen LogP contribution >= 0.6 is 0 Å². The number of carbonyl (C=O) groups is 1. The molecular weight excluding hydrogens is 183 g/mol. The van der Waals surface area contributed by atoms with Crippen LogP contribution in [-0.4, -0.2) is 18.6 Å². The third kappa shape index (κ3) is 8.73. The molecular formula is C8H10F3NO. The summed E-state index contributed by atoms with van der Waals surface area (Å²) in [5.74, 6) is 1.46. The lowest BCUT2D eigenvalue weighted by Crippen LogP contribution is -2.23. The maximum absolute atomic E-state index is 11.5. The fourth-order valence-corrected chi connectivity index (χ4v) is 0.551. The van der Waals surface area contributed by atoms with Crippen LogP contribution in [0.5, 0.6) is 0 Å². The Bertz CT molecular complexity index is 224. The Hall–Kier alpha value is -1.18. The van der Waals surface area contributed by atoms with Crippen LogP contribution in [0.25, 0.3) is 0 Å². The molecule has 74 valence electrons. The van der Waals surface area contributed by atoms with Crippen LogP contribution in [0.15, 0.2) is 0 Å². The van der Waals surface area contributed by atoms with Gasteiger partial charge in [0, 0.05) is 18.4 Å². The average Bonchev–Trinajstić information content (AvgIpc) is 2.00. The van der Waals surface area contributed by atoms with Gasteiger partial charge in [0.2, 0.25) is 0 Å². The van der Waals surface area contributed by atoms with Gasteiger partial charge in [-0.15, -0.1) is 0 Å². The van der Waals surface area contributed by atoms with Crippen LogP contribution in [0.1, 0.15) is 19.8 Å². The first-order chi connectivity index (χ1) is 5.95. The van der Waals surface area contributed by atoms with Crippen LogP contribution in [0.2, 0.25) is 0 Å². The number of rotatable bonds is 3. The predicted octanol–water partition coefficient (Wildman–Crippen LogP) is 1.47. The standard InChI is InChI=1S/C8H10F3NO/c1-2-3-6-12-7(13)4-5-8(9,10)11/h2-3,6H2,1H3,(H,12,13). The maximum atomic E-state index is 11.5. The van der Waals surface area contributed by atoms with Gasteiger partial charge in [-0.2, -0.15) is 13.2 Å². The summed E-state index contributed by atoms with van der Waals surface area (Å²) in [4.78, 5) is 10.6. The molecule has 0 saturated carbocycles. The molecule has 5 heteroatoms. The molecule has 0 atom stereocenters. The summed E-state index contributed by atoms with van der Waals surface area (Å²) >= 11 is 0. The second-order valence-electron chi connectivity index (χ2n) is 2.36. The number of amides is 1. The minimum atomic E-state index is -4.60. The van der Waals surface area contributed by atoms with E-state index in [1.165, 1.54) is 5.92 Å². The fraction of sp³-hybridized carbons (Fsp3) is 0.625. The molecule has 13 heavy (non-hydrogen) atoms. The van der Waals surface area contributed by atoms with E-state index in [9.17, 15) is 18.0 Å². The van der Waals surface area contributed by atoms with Crippen LogP contribution in [-0.2, 0) is 4.79 Å². The van der Waals surface area contributed by atoms with E-state index in [4.69, 9.17) is 0 Å². The molecule has 0 bridgehead atoms. The van der Waals surface area contributed by atoms with Crippen molar-refractivity contribution < 1.29 is 18.0 Å². The van der Waals surface area contributed by atoms with Gasteiger partial charge in [-0.25, -0.2) is 0 Å². The third-order valence-corrected chi connectivity index (χ3v) is 1.13. The largest absolute Gasteiger partial charge is 0.458 e. The number of halogens is 3. The molecule has 0 rings (SSSR count). The smallest absolute Gasteiger partial charge is 0.345 e. The van der Waals surface area contributed by atoms with E-state index in [1.54, 1.807) is 0 Å². The highest BCUT2D eigenvalue weighted by Crippen LogP contribution is 2.11. The number of hydrogen-bond acceptors (Lipinski definition) is 1. The van der Waals surface area contributed by atoms with Crippen molar-refractivity contribution in [3.8, 4) is 11.8 Å². The fourth-order valence-electron chi connectivity index (χ4n) is 0.551. The highest BCUT2D eigenvalue weighted by molar-refractivity contribution is 5.93. The number of alkyl halides is 3. The first kappa shape index (κ1) is 11.8. The van der Waals surface area contributed by atoms with Crippen LogP contribution in [0.4, 0.5) is 13.2 Å². The van der Waals surface area contributed by atoms with Gasteiger partial charge in [-0.3, -0.25) is 4.79 Å². The van der Waals surface area contributed by atoms with Crippen LogP contribution < -0.4 is 5.32 Å². The van der Waals surface area contributed by atoms with Crippen molar-refractivity contribution in [3.05, 3.63) is 0 Å². The summed E-state index contributed by atoms with van der Waals surface area (Å²) in [7, 11) is 0. The molecule has 0 fully saturated rings. The van der Waals surface area contributed by atoms with E-state index in [0.717, 1.165) is 18.8 Å². The van der Waals surface area contributed by atoms with E-state index in [0.29, 0.717) is 6.54 Å². The Balaban J connectivity index is 3.78.